The van der Waals surface area contributed by atoms with Crippen molar-refractivity contribution in [2.75, 3.05) is 19.7 Å². The molecule has 1 rings (SSSR count). The lowest BCUT2D eigenvalue weighted by Crippen LogP contribution is -2.30. The van der Waals surface area contributed by atoms with Crippen LogP contribution in [-0.4, -0.2) is 25.6 Å². The van der Waals surface area contributed by atoms with Crippen LogP contribution in [-0.2, 0) is 4.79 Å². The van der Waals surface area contributed by atoms with Crippen LogP contribution < -0.4 is 15.8 Å². The minimum absolute atomic E-state index is 0.0495. The third-order valence-electron chi connectivity index (χ3n) is 2.85. The Morgan fingerprint density at radius 3 is 2.56 bits per heavy atom. The molecule has 1 aromatic carbocycles. The number of hydrogen-bond donors (Lipinski definition) is 2. The van der Waals surface area contributed by atoms with Crippen molar-refractivity contribution in [1.29, 1.82) is 0 Å². The first kappa shape index (κ1) is 14.5. The third-order valence-corrected chi connectivity index (χ3v) is 2.85. The van der Waals surface area contributed by atoms with Crippen LogP contribution in [0.3, 0.4) is 0 Å². The second-order valence-electron chi connectivity index (χ2n) is 4.48. The molecule has 0 unspecified atom stereocenters. The fourth-order valence-corrected chi connectivity index (χ4v) is 1.61. The number of hydrogen-bond acceptors (Lipinski definition) is 3. The maximum atomic E-state index is 11.5. The molecule has 0 aromatic heterocycles. The smallest absolute Gasteiger partial charge is 0.257 e. The number of ether oxygens (including phenoxy) is 1. The standard InChI is InChI=1S/C14H22N2O2/c1-10-7-12(3)13(8-11(10)2)18-9-14(17)16-6-4-5-15/h7-8H,4-6,9,15H2,1-3H3,(H,16,17). The zero-order valence-electron chi connectivity index (χ0n) is 11.4. The lowest BCUT2D eigenvalue weighted by Gasteiger charge is -2.11. The molecular formula is C14H22N2O2. The van der Waals surface area contributed by atoms with Gasteiger partial charge in [0.1, 0.15) is 5.75 Å². The van der Waals surface area contributed by atoms with Crippen LogP contribution in [0.2, 0.25) is 0 Å². The summed E-state index contributed by atoms with van der Waals surface area (Å²) >= 11 is 0. The van der Waals surface area contributed by atoms with Crippen molar-refractivity contribution in [3.05, 3.63) is 28.8 Å². The van der Waals surface area contributed by atoms with Crippen LogP contribution in [0.1, 0.15) is 23.1 Å². The molecule has 1 aromatic rings. The summed E-state index contributed by atoms with van der Waals surface area (Å²) in [5, 5.41) is 2.76. The van der Waals surface area contributed by atoms with Gasteiger partial charge in [-0.3, -0.25) is 4.79 Å². The molecule has 3 N–H and O–H groups in total. The van der Waals surface area contributed by atoms with E-state index in [-0.39, 0.29) is 12.5 Å². The van der Waals surface area contributed by atoms with Gasteiger partial charge < -0.3 is 15.8 Å². The van der Waals surface area contributed by atoms with E-state index >= 15 is 0 Å². The molecular weight excluding hydrogens is 228 g/mol. The van der Waals surface area contributed by atoms with E-state index in [0.29, 0.717) is 13.1 Å². The van der Waals surface area contributed by atoms with Crippen molar-refractivity contribution in [1.82, 2.24) is 5.32 Å². The Labute approximate surface area is 109 Å². The molecule has 0 aliphatic carbocycles. The maximum Gasteiger partial charge on any atom is 0.257 e. The number of amides is 1. The number of aryl methyl sites for hydroxylation is 3. The predicted molar refractivity (Wildman–Crippen MR) is 72.8 cm³/mol. The minimum Gasteiger partial charge on any atom is -0.483 e. The van der Waals surface area contributed by atoms with Crippen LogP contribution >= 0.6 is 0 Å². The van der Waals surface area contributed by atoms with Gasteiger partial charge in [0.05, 0.1) is 0 Å². The molecule has 0 saturated carbocycles. The topological polar surface area (TPSA) is 64.3 Å². The zero-order chi connectivity index (χ0) is 13.5. The molecule has 0 heterocycles. The van der Waals surface area contributed by atoms with Gasteiger partial charge in [0.25, 0.3) is 5.91 Å². The second kappa shape index (κ2) is 7.01. The van der Waals surface area contributed by atoms with Crippen molar-refractivity contribution in [3.8, 4) is 5.75 Å². The van der Waals surface area contributed by atoms with Gasteiger partial charge in [-0.15, -0.1) is 0 Å². The molecule has 1 amide bonds. The molecule has 0 saturated heterocycles. The first-order chi connectivity index (χ1) is 8.54. The summed E-state index contributed by atoms with van der Waals surface area (Å²) in [5.74, 6) is 0.660. The lowest BCUT2D eigenvalue weighted by atomic mass is 10.1. The highest BCUT2D eigenvalue weighted by Crippen LogP contribution is 2.22. The normalized spacial score (nSPS) is 10.2. The number of carbonyl (C=O) groups is 1. The fourth-order valence-electron chi connectivity index (χ4n) is 1.61. The van der Waals surface area contributed by atoms with Gasteiger partial charge in [-0.2, -0.15) is 0 Å². The molecule has 0 radical (unpaired) electrons. The van der Waals surface area contributed by atoms with E-state index in [1.807, 2.05) is 19.9 Å². The Balaban J connectivity index is 2.48. The molecule has 0 atom stereocenters. The number of nitrogens with one attached hydrogen (secondary N) is 1. The van der Waals surface area contributed by atoms with Crippen LogP contribution in [0.25, 0.3) is 0 Å². The highest BCUT2D eigenvalue weighted by atomic mass is 16.5. The Morgan fingerprint density at radius 2 is 1.89 bits per heavy atom. The molecule has 18 heavy (non-hydrogen) atoms. The van der Waals surface area contributed by atoms with Crippen LogP contribution in [0.5, 0.6) is 5.75 Å². The predicted octanol–water partition coefficient (Wildman–Crippen LogP) is 1.46. The highest BCUT2D eigenvalue weighted by Gasteiger charge is 2.06. The zero-order valence-corrected chi connectivity index (χ0v) is 11.4. The monoisotopic (exact) mass is 250 g/mol. The molecule has 0 bridgehead atoms. The highest BCUT2D eigenvalue weighted by molar-refractivity contribution is 5.77. The Bertz CT molecular complexity index is 417. The first-order valence-electron chi connectivity index (χ1n) is 6.22. The third kappa shape index (κ3) is 4.37. The average Bonchev–Trinajstić information content (AvgIpc) is 2.32. The molecule has 4 nitrogen and oxygen atoms in total. The first-order valence-corrected chi connectivity index (χ1v) is 6.22. The quantitative estimate of drug-likeness (QED) is 0.751. The summed E-state index contributed by atoms with van der Waals surface area (Å²) in [7, 11) is 0. The van der Waals surface area contributed by atoms with Gasteiger partial charge in [0.2, 0.25) is 0 Å². The average molecular weight is 250 g/mol. The number of rotatable bonds is 6. The number of carbonyl (C=O) groups excluding carboxylic acids is 1. The van der Waals surface area contributed by atoms with E-state index in [1.165, 1.54) is 11.1 Å². The van der Waals surface area contributed by atoms with Crippen LogP contribution in [0.15, 0.2) is 12.1 Å². The summed E-state index contributed by atoms with van der Waals surface area (Å²) in [6.45, 7) is 7.30. The maximum absolute atomic E-state index is 11.5. The molecule has 4 heteroatoms. The SMILES string of the molecule is Cc1cc(C)c(OCC(=O)NCCCN)cc1C. The summed E-state index contributed by atoms with van der Waals surface area (Å²) in [4.78, 5) is 11.5. The van der Waals surface area contributed by atoms with Gasteiger partial charge in [-0.05, 0) is 56.5 Å². The van der Waals surface area contributed by atoms with Crippen molar-refractivity contribution in [2.45, 2.75) is 27.2 Å². The van der Waals surface area contributed by atoms with E-state index in [9.17, 15) is 4.79 Å². The van der Waals surface area contributed by atoms with E-state index in [0.717, 1.165) is 17.7 Å². The van der Waals surface area contributed by atoms with Gasteiger partial charge in [0, 0.05) is 6.54 Å². The number of benzene rings is 1. The number of nitrogens with two attached hydrogens (primary N) is 1. The van der Waals surface area contributed by atoms with Crippen LogP contribution in [0, 0.1) is 20.8 Å². The van der Waals surface area contributed by atoms with Crippen LogP contribution in [0.4, 0.5) is 0 Å². The van der Waals surface area contributed by atoms with E-state index < -0.39 is 0 Å². The van der Waals surface area contributed by atoms with Gasteiger partial charge in [-0.25, -0.2) is 0 Å². The fraction of sp³-hybridized carbons (Fsp3) is 0.500. The molecule has 0 spiro atoms. The van der Waals surface area contributed by atoms with Crippen molar-refractivity contribution in [3.63, 3.8) is 0 Å². The molecule has 0 fully saturated rings. The van der Waals surface area contributed by atoms with Crippen molar-refractivity contribution in [2.24, 2.45) is 5.73 Å². The van der Waals surface area contributed by atoms with Gasteiger partial charge in [0.15, 0.2) is 6.61 Å². The van der Waals surface area contributed by atoms with Crippen molar-refractivity contribution < 1.29 is 9.53 Å². The Kier molecular flexibility index (Phi) is 5.65. The summed E-state index contributed by atoms with van der Waals surface area (Å²) in [5.41, 5.74) is 8.79. The van der Waals surface area contributed by atoms with Gasteiger partial charge in [-0.1, -0.05) is 6.07 Å². The van der Waals surface area contributed by atoms with E-state index in [4.69, 9.17) is 10.5 Å². The summed E-state index contributed by atoms with van der Waals surface area (Å²) < 4.78 is 5.52. The lowest BCUT2D eigenvalue weighted by molar-refractivity contribution is -0.123. The largest absolute Gasteiger partial charge is 0.483 e. The minimum atomic E-state index is -0.110. The molecule has 0 aliphatic heterocycles. The summed E-state index contributed by atoms with van der Waals surface area (Å²) in [6.07, 6.45) is 0.786. The van der Waals surface area contributed by atoms with Crippen molar-refractivity contribution >= 4 is 5.91 Å². The van der Waals surface area contributed by atoms with E-state index in [1.54, 1.807) is 0 Å². The Hall–Kier alpha value is -1.55. The van der Waals surface area contributed by atoms with Gasteiger partial charge >= 0.3 is 0 Å². The summed E-state index contributed by atoms with van der Waals surface area (Å²) in [6, 6.07) is 4.04. The van der Waals surface area contributed by atoms with E-state index in [2.05, 4.69) is 18.3 Å². The molecule has 100 valence electrons. The Morgan fingerprint density at radius 1 is 1.22 bits per heavy atom. The second-order valence-corrected chi connectivity index (χ2v) is 4.48. The molecule has 0 aliphatic rings.